The first kappa shape index (κ1) is 42.3. The molecule has 0 saturated carbocycles. The smallest absolute Gasteiger partial charge is 0.872 e. The van der Waals surface area contributed by atoms with Gasteiger partial charge in [-0.2, -0.15) is 8.42 Å². The van der Waals surface area contributed by atoms with Gasteiger partial charge in [0.05, 0.1) is 4.90 Å². The molecule has 260 valence electrons. The van der Waals surface area contributed by atoms with E-state index in [0.29, 0.717) is 24.3 Å². The molecule has 0 saturated heterocycles. The molecule has 0 spiro atoms. The Kier molecular flexibility index (Phi) is 17.9. The second-order valence-electron chi connectivity index (χ2n) is 11.1. The number of rotatable bonds is 16. The van der Waals surface area contributed by atoms with Crippen molar-refractivity contribution in [3.63, 3.8) is 0 Å². The first-order valence-corrected chi connectivity index (χ1v) is 18.8. The molecule has 0 fully saturated rings. The Balaban J connectivity index is 0.000000333. The van der Waals surface area contributed by atoms with E-state index in [0.717, 1.165) is 44.9 Å². The number of phenolic OH excluding ortho intramolecular Hbond substituents is 1. The van der Waals surface area contributed by atoms with Crippen LogP contribution < -0.4 is 14.6 Å². The van der Waals surface area contributed by atoms with Gasteiger partial charge in [-0.15, -0.1) is 5.75 Å². The Morgan fingerprint density at radius 1 is 0.612 bits per heavy atom. The zero-order chi connectivity index (χ0) is 35.2. The van der Waals surface area contributed by atoms with Crippen molar-refractivity contribution in [3.05, 3.63) is 96.1 Å². The summed E-state index contributed by atoms with van der Waals surface area (Å²) in [5.41, 5.74) is 0.219. The molecule has 4 rings (SSSR count). The summed E-state index contributed by atoms with van der Waals surface area (Å²) in [4.78, 5) is -0.891. The number of benzene rings is 4. The van der Waals surface area contributed by atoms with Crippen LogP contribution in [0.15, 0.2) is 94.7 Å². The number of hydrogen-bond donors (Lipinski definition) is 2. The molecule has 0 amide bonds. The van der Waals surface area contributed by atoms with Crippen LogP contribution >= 0.6 is 0 Å². The fraction of sp³-hybridized carbons (Fsp3) is 0.333. The molecule has 0 aromatic heterocycles. The van der Waals surface area contributed by atoms with Gasteiger partial charge in [-0.25, -0.2) is 8.42 Å². The van der Waals surface area contributed by atoms with Crippen molar-refractivity contribution < 1.29 is 45.6 Å². The number of unbranched alkanes of at least 4 members (excludes halogenated alkanes) is 6. The van der Waals surface area contributed by atoms with Gasteiger partial charge in [0.25, 0.3) is 10.1 Å². The number of aromatic hydroxyl groups is 1. The van der Waals surface area contributed by atoms with E-state index < -0.39 is 30.9 Å². The molecule has 0 aliphatic heterocycles. The van der Waals surface area contributed by atoms with E-state index in [-0.39, 0.29) is 77.4 Å². The third-order valence-corrected chi connectivity index (χ3v) is 9.30. The van der Waals surface area contributed by atoms with Crippen LogP contribution in [-0.4, -0.2) is 68.8 Å². The molecule has 0 bridgehead atoms. The van der Waals surface area contributed by atoms with Crippen LogP contribution in [-0.2, 0) is 33.1 Å². The Morgan fingerprint density at radius 2 is 1.06 bits per heavy atom. The SMILES string of the molecule is CCCCCCc1c(O)ccc(Oc2ccccc2)c1S(=O)(=O)O.CCCCCCc1c([O-])ccc(Oc2ccccc2)c1S(=O)(=O)[O-].[Ca+2]. The van der Waals surface area contributed by atoms with Gasteiger partial charge in [-0.1, -0.05) is 94.8 Å². The van der Waals surface area contributed by atoms with Crippen LogP contribution in [0, 0.1) is 0 Å². The molecule has 0 aliphatic rings. The molecule has 0 aliphatic carbocycles. The van der Waals surface area contributed by atoms with Crippen LogP contribution in [0.4, 0.5) is 0 Å². The average Bonchev–Trinajstić information content (AvgIpc) is 3.04. The van der Waals surface area contributed by atoms with Crippen molar-refractivity contribution >= 4 is 58.0 Å². The third kappa shape index (κ3) is 13.4. The fourth-order valence-corrected chi connectivity index (χ4v) is 6.81. The first-order valence-electron chi connectivity index (χ1n) is 15.9. The molecule has 2 N–H and O–H groups in total. The van der Waals surface area contributed by atoms with Crippen LogP contribution in [0.5, 0.6) is 34.5 Å². The van der Waals surface area contributed by atoms with Gasteiger partial charge in [-0.05, 0) is 73.7 Å². The summed E-state index contributed by atoms with van der Waals surface area (Å²) in [6.07, 6.45) is 7.87. The minimum absolute atomic E-state index is 0. The zero-order valence-electron chi connectivity index (χ0n) is 27.8. The number of para-hydroxylation sites is 2. The van der Waals surface area contributed by atoms with Gasteiger partial charge in [0.15, 0.2) is 0 Å². The Hall–Kier alpha value is -2.84. The minimum atomic E-state index is -4.82. The summed E-state index contributed by atoms with van der Waals surface area (Å²) in [5.74, 6) is 0.164. The molecule has 49 heavy (non-hydrogen) atoms. The summed E-state index contributed by atoms with van der Waals surface area (Å²) in [6.45, 7) is 4.14. The van der Waals surface area contributed by atoms with E-state index in [1.54, 1.807) is 54.6 Å². The van der Waals surface area contributed by atoms with Gasteiger partial charge in [0.1, 0.15) is 43.8 Å². The quantitative estimate of drug-likeness (QED) is 0.0657. The predicted molar refractivity (Wildman–Crippen MR) is 186 cm³/mol. The number of ether oxygens (including phenoxy) is 2. The zero-order valence-corrected chi connectivity index (χ0v) is 31.7. The number of phenols is 1. The van der Waals surface area contributed by atoms with E-state index in [4.69, 9.17) is 9.47 Å². The summed E-state index contributed by atoms with van der Waals surface area (Å²) in [6, 6.07) is 22.5. The summed E-state index contributed by atoms with van der Waals surface area (Å²) >= 11 is 0. The Morgan fingerprint density at radius 3 is 1.51 bits per heavy atom. The molecule has 4 aromatic carbocycles. The molecule has 0 radical (unpaired) electrons. The molecule has 0 heterocycles. The van der Waals surface area contributed by atoms with Gasteiger partial charge in [-0.3, -0.25) is 4.55 Å². The molecule has 0 atom stereocenters. The Labute approximate surface area is 319 Å². The second-order valence-corrected chi connectivity index (χ2v) is 13.8. The van der Waals surface area contributed by atoms with E-state index in [1.807, 2.05) is 6.07 Å². The normalized spacial score (nSPS) is 11.2. The average molecular weight is 739 g/mol. The van der Waals surface area contributed by atoms with Crippen molar-refractivity contribution in [1.82, 2.24) is 0 Å². The fourth-order valence-electron chi connectivity index (χ4n) is 5.07. The molecular weight excluding hydrogens is 697 g/mol. The topological polar surface area (TPSA) is 173 Å². The monoisotopic (exact) mass is 738 g/mol. The predicted octanol–water partition coefficient (Wildman–Crippen LogP) is 7.75. The molecular formula is C36H42CaO10S2. The standard InChI is InChI=1S/2C18H22O5S.Ca/c2*1-2-3-4-8-11-15-16(19)12-13-17(18(15)24(20,21)22)23-14-9-6-5-7-10-14;/h2*5-7,9-10,12-13,19H,2-4,8,11H2,1H3,(H,20,21,22);/q;;+2/p-2. The van der Waals surface area contributed by atoms with Crippen LogP contribution in [0.25, 0.3) is 0 Å². The second kappa shape index (κ2) is 20.7. The summed E-state index contributed by atoms with van der Waals surface area (Å²) in [5, 5.41) is 22.2. The van der Waals surface area contributed by atoms with Gasteiger partial charge in [0, 0.05) is 5.56 Å². The Bertz CT molecular complexity index is 1680. The molecule has 10 nitrogen and oxygen atoms in total. The van der Waals surface area contributed by atoms with Gasteiger partial charge in [0.2, 0.25) is 0 Å². The van der Waals surface area contributed by atoms with Crippen molar-refractivity contribution in [3.8, 4) is 34.5 Å². The van der Waals surface area contributed by atoms with Crippen molar-refractivity contribution in [2.45, 2.75) is 87.8 Å². The molecule has 4 aromatic rings. The third-order valence-electron chi connectivity index (χ3n) is 7.39. The van der Waals surface area contributed by atoms with Crippen molar-refractivity contribution in [2.24, 2.45) is 0 Å². The maximum Gasteiger partial charge on any atom is 2.00 e. The van der Waals surface area contributed by atoms with Crippen molar-refractivity contribution in [2.75, 3.05) is 0 Å². The first-order chi connectivity index (χ1) is 22.9. The molecule has 0 unspecified atom stereocenters. The number of hydrogen-bond acceptors (Lipinski definition) is 9. The van der Waals surface area contributed by atoms with Crippen LogP contribution in [0.2, 0.25) is 0 Å². The van der Waals surface area contributed by atoms with E-state index >= 15 is 0 Å². The van der Waals surface area contributed by atoms with Gasteiger partial charge >= 0.3 is 37.7 Å². The van der Waals surface area contributed by atoms with E-state index in [9.17, 15) is 36.2 Å². The van der Waals surface area contributed by atoms with Crippen LogP contribution in [0.1, 0.15) is 76.3 Å². The van der Waals surface area contributed by atoms with Crippen LogP contribution in [0.3, 0.4) is 0 Å². The largest absolute Gasteiger partial charge is 2.00 e. The summed E-state index contributed by atoms with van der Waals surface area (Å²) in [7, 11) is -9.36. The van der Waals surface area contributed by atoms with Crippen molar-refractivity contribution in [1.29, 1.82) is 0 Å². The van der Waals surface area contributed by atoms with E-state index in [1.165, 1.54) is 24.3 Å². The maximum atomic E-state index is 12.1. The van der Waals surface area contributed by atoms with Gasteiger partial charge < -0.3 is 24.2 Å². The van der Waals surface area contributed by atoms with E-state index in [2.05, 4.69) is 13.8 Å². The summed E-state index contributed by atoms with van der Waals surface area (Å²) < 4.78 is 79.7. The maximum absolute atomic E-state index is 12.1. The minimum Gasteiger partial charge on any atom is -0.872 e. The molecule has 13 heteroatoms.